The van der Waals surface area contributed by atoms with E-state index in [4.69, 9.17) is 9.47 Å². The van der Waals surface area contributed by atoms with E-state index in [1.165, 1.54) is 0 Å². The number of carbonyl (C=O) groups excluding carboxylic acids is 1. The van der Waals surface area contributed by atoms with E-state index < -0.39 is 6.10 Å². The minimum atomic E-state index is -0.444. The van der Waals surface area contributed by atoms with Crippen LogP contribution in [0.1, 0.15) is 39.2 Å². The van der Waals surface area contributed by atoms with Gasteiger partial charge in [0.15, 0.2) is 6.10 Å². The molecule has 1 aliphatic rings. The van der Waals surface area contributed by atoms with Gasteiger partial charge >= 0.3 is 5.97 Å². The molecule has 0 N–H and O–H groups in total. The molecule has 2 rings (SSSR count). The maximum atomic E-state index is 12.0. The van der Waals surface area contributed by atoms with Crippen LogP contribution >= 0.6 is 0 Å². The van der Waals surface area contributed by atoms with Crippen molar-refractivity contribution in [3.05, 3.63) is 35.9 Å². The van der Waals surface area contributed by atoms with Crippen molar-refractivity contribution in [3.63, 3.8) is 0 Å². The van der Waals surface area contributed by atoms with Gasteiger partial charge in [-0.1, -0.05) is 51.1 Å². The van der Waals surface area contributed by atoms with Crippen LogP contribution in [0.4, 0.5) is 0 Å². The van der Waals surface area contributed by atoms with E-state index in [9.17, 15) is 4.79 Å². The molecule has 1 saturated heterocycles. The lowest BCUT2D eigenvalue weighted by atomic mass is 9.83. The molecule has 1 aliphatic heterocycles. The van der Waals surface area contributed by atoms with E-state index in [1.54, 1.807) is 0 Å². The van der Waals surface area contributed by atoms with Crippen molar-refractivity contribution in [1.29, 1.82) is 0 Å². The number of hydrogen-bond acceptors (Lipinski definition) is 3. The predicted molar refractivity (Wildman–Crippen MR) is 73.6 cm³/mol. The lowest BCUT2D eigenvalue weighted by Gasteiger charge is -2.29. The number of esters is 1. The number of ether oxygens (including phenoxy) is 2. The molecule has 0 amide bonds. The molecule has 2 atom stereocenters. The number of cyclic esters (lactones) is 1. The van der Waals surface area contributed by atoms with Crippen molar-refractivity contribution in [3.8, 4) is 0 Å². The standard InChI is InChI=1S/C16H22O3/c1-4-16(5-2)12(3)14(15(17)19-16)18-11-13-9-7-6-8-10-13/h6-10,12,14H,4-5,11H2,1-3H3/t12-,14+/m0/s1. The van der Waals surface area contributed by atoms with Gasteiger partial charge in [0, 0.05) is 5.92 Å². The Morgan fingerprint density at radius 2 is 1.84 bits per heavy atom. The van der Waals surface area contributed by atoms with Crippen LogP contribution in [0.25, 0.3) is 0 Å². The maximum Gasteiger partial charge on any atom is 0.336 e. The number of benzene rings is 1. The first-order chi connectivity index (χ1) is 9.13. The lowest BCUT2D eigenvalue weighted by Crippen LogP contribution is -2.36. The molecule has 0 aliphatic carbocycles. The van der Waals surface area contributed by atoms with E-state index in [0.717, 1.165) is 18.4 Å². The van der Waals surface area contributed by atoms with Crippen LogP contribution < -0.4 is 0 Å². The van der Waals surface area contributed by atoms with E-state index >= 15 is 0 Å². The molecule has 3 heteroatoms. The summed E-state index contributed by atoms with van der Waals surface area (Å²) < 4.78 is 11.4. The minimum absolute atomic E-state index is 0.0960. The lowest BCUT2D eigenvalue weighted by molar-refractivity contribution is -0.155. The average molecular weight is 262 g/mol. The van der Waals surface area contributed by atoms with Crippen molar-refractivity contribution >= 4 is 5.97 Å². The van der Waals surface area contributed by atoms with Crippen molar-refractivity contribution in [2.45, 2.75) is 51.9 Å². The molecular weight excluding hydrogens is 240 g/mol. The largest absolute Gasteiger partial charge is 0.457 e. The zero-order valence-electron chi connectivity index (χ0n) is 11.9. The van der Waals surface area contributed by atoms with Gasteiger partial charge in [0.05, 0.1) is 6.61 Å². The maximum absolute atomic E-state index is 12.0. The normalized spacial score (nSPS) is 25.3. The smallest absolute Gasteiger partial charge is 0.336 e. The molecule has 0 radical (unpaired) electrons. The Balaban J connectivity index is 2.03. The molecule has 1 aromatic carbocycles. The Morgan fingerprint density at radius 3 is 2.37 bits per heavy atom. The quantitative estimate of drug-likeness (QED) is 0.764. The number of hydrogen-bond donors (Lipinski definition) is 0. The molecular formula is C16H22O3. The van der Waals surface area contributed by atoms with Crippen LogP contribution in [0.2, 0.25) is 0 Å². The topological polar surface area (TPSA) is 35.5 Å². The average Bonchev–Trinajstić information content (AvgIpc) is 2.69. The Bertz CT molecular complexity index is 423. The summed E-state index contributed by atoms with van der Waals surface area (Å²) in [6.45, 7) is 6.63. The highest BCUT2D eigenvalue weighted by Gasteiger charge is 2.51. The van der Waals surface area contributed by atoms with Crippen LogP contribution in [-0.4, -0.2) is 17.7 Å². The third-order valence-corrected chi connectivity index (χ3v) is 4.29. The highest BCUT2D eigenvalue weighted by Crippen LogP contribution is 2.40. The zero-order chi connectivity index (χ0) is 13.9. The highest BCUT2D eigenvalue weighted by molar-refractivity contribution is 5.78. The second kappa shape index (κ2) is 5.74. The summed E-state index contributed by atoms with van der Waals surface area (Å²) in [5.41, 5.74) is 0.728. The summed E-state index contributed by atoms with van der Waals surface area (Å²) >= 11 is 0. The third-order valence-electron chi connectivity index (χ3n) is 4.29. The summed E-state index contributed by atoms with van der Waals surface area (Å²) in [6, 6.07) is 9.90. The van der Waals surface area contributed by atoms with Crippen LogP contribution in [0.3, 0.4) is 0 Å². The van der Waals surface area contributed by atoms with Crippen LogP contribution in [-0.2, 0) is 20.9 Å². The minimum Gasteiger partial charge on any atom is -0.457 e. The first kappa shape index (κ1) is 14.1. The molecule has 0 aromatic heterocycles. The monoisotopic (exact) mass is 262 g/mol. The summed E-state index contributed by atoms with van der Waals surface area (Å²) in [5, 5.41) is 0. The Morgan fingerprint density at radius 1 is 1.21 bits per heavy atom. The molecule has 0 saturated carbocycles. The van der Waals surface area contributed by atoms with Gasteiger partial charge in [-0.05, 0) is 18.4 Å². The summed E-state index contributed by atoms with van der Waals surface area (Å²) in [6.07, 6.45) is 1.23. The molecule has 3 nitrogen and oxygen atoms in total. The fourth-order valence-electron chi connectivity index (χ4n) is 2.84. The van der Waals surface area contributed by atoms with Crippen LogP contribution in [0, 0.1) is 5.92 Å². The van der Waals surface area contributed by atoms with Gasteiger partial charge < -0.3 is 9.47 Å². The van der Waals surface area contributed by atoms with Crippen LogP contribution in [0.15, 0.2) is 30.3 Å². The first-order valence-electron chi connectivity index (χ1n) is 7.01. The Labute approximate surface area is 114 Å². The Kier molecular flexibility index (Phi) is 4.25. The summed E-state index contributed by atoms with van der Waals surface area (Å²) in [5.74, 6) is -0.120. The predicted octanol–water partition coefficient (Wildman–Crippen LogP) is 3.32. The third kappa shape index (κ3) is 2.66. The number of carbonyl (C=O) groups is 1. The molecule has 0 bridgehead atoms. The van der Waals surface area contributed by atoms with Crippen molar-refractivity contribution < 1.29 is 14.3 Å². The van der Waals surface area contributed by atoms with Gasteiger partial charge in [0.25, 0.3) is 0 Å². The second-order valence-corrected chi connectivity index (χ2v) is 5.20. The van der Waals surface area contributed by atoms with Gasteiger partial charge in [0.2, 0.25) is 0 Å². The SMILES string of the molecule is CCC1(CC)OC(=O)[C@H](OCc2ccccc2)[C@@H]1C. The summed E-state index contributed by atoms with van der Waals surface area (Å²) in [7, 11) is 0. The first-order valence-corrected chi connectivity index (χ1v) is 7.01. The fourth-order valence-corrected chi connectivity index (χ4v) is 2.84. The van der Waals surface area contributed by atoms with E-state index in [1.807, 2.05) is 37.3 Å². The zero-order valence-corrected chi connectivity index (χ0v) is 11.9. The van der Waals surface area contributed by atoms with Gasteiger partial charge in [0.1, 0.15) is 5.60 Å². The fraction of sp³-hybridized carbons (Fsp3) is 0.562. The number of rotatable bonds is 5. The van der Waals surface area contributed by atoms with Crippen molar-refractivity contribution in [2.75, 3.05) is 0 Å². The molecule has 1 heterocycles. The molecule has 19 heavy (non-hydrogen) atoms. The van der Waals surface area contributed by atoms with E-state index in [2.05, 4.69) is 13.8 Å². The van der Waals surface area contributed by atoms with Crippen molar-refractivity contribution in [2.24, 2.45) is 5.92 Å². The highest BCUT2D eigenvalue weighted by atomic mass is 16.6. The molecule has 0 spiro atoms. The molecule has 104 valence electrons. The van der Waals surface area contributed by atoms with Gasteiger partial charge in [-0.25, -0.2) is 4.79 Å². The van der Waals surface area contributed by atoms with Crippen LogP contribution in [0.5, 0.6) is 0 Å². The molecule has 0 unspecified atom stereocenters. The van der Waals surface area contributed by atoms with E-state index in [0.29, 0.717) is 6.61 Å². The second-order valence-electron chi connectivity index (χ2n) is 5.20. The summed E-state index contributed by atoms with van der Waals surface area (Å²) in [4.78, 5) is 12.0. The van der Waals surface area contributed by atoms with Gasteiger partial charge in [-0.2, -0.15) is 0 Å². The molecule has 1 aromatic rings. The Hall–Kier alpha value is -1.35. The van der Waals surface area contributed by atoms with Gasteiger partial charge in [-0.15, -0.1) is 0 Å². The van der Waals surface area contributed by atoms with E-state index in [-0.39, 0.29) is 17.5 Å². The molecule has 1 fully saturated rings. The van der Waals surface area contributed by atoms with Crippen molar-refractivity contribution in [1.82, 2.24) is 0 Å². The van der Waals surface area contributed by atoms with Gasteiger partial charge in [-0.3, -0.25) is 0 Å².